The van der Waals surface area contributed by atoms with Gasteiger partial charge in [0.15, 0.2) is 0 Å². The van der Waals surface area contributed by atoms with E-state index in [4.69, 9.17) is 10.8 Å². The van der Waals surface area contributed by atoms with E-state index < -0.39 is 29.7 Å². The van der Waals surface area contributed by atoms with Crippen LogP contribution in [0.25, 0.3) is 0 Å². The number of nitrogens with two attached hydrogens (primary N) is 1. The molecule has 0 bridgehead atoms. The molecule has 94 valence electrons. The number of aliphatic hydroxyl groups excluding tert-OH is 2. The van der Waals surface area contributed by atoms with Crippen LogP contribution in [-0.4, -0.2) is 38.9 Å². The highest BCUT2D eigenvalue weighted by Gasteiger charge is 2.21. The number of carboxylic acid groups (broad SMARTS) is 1. The summed E-state index contributed by atoms with van der Waals surface area (Å²) in [7, 11) is 0. The fourth-order valence-corrected chi connectivity index (χ4v) is 1.33. The number of nitrogens with zero attached hydrogens (tertiary/aromatic N) is 1. The minimum absolute atomic E-state index is 0.0322. The maximum absolute atomic E-state index is 13.0. The molecular weight excluding hydrogens is 231 g/mol. The van der Waals surface area contributed by atoms with Crippen LogP contribution in [0.15, 0.2) is 12.3 Å². The molecule has 2 atom stereocenters. The second-order valence-electron chi connectivity index (χ2n) is 3.50. The lowest BCUT2D eigenvalue weighted by Crippen LogP contribution is -2.22. The highest BCUT2D eigenvalue weighted by Crippen LogP contribution is 2.20. The smallest absolute Gasteiger partial charge is 0.340 e. The summed E-state index contributed by atoms with van der Waals surface area (Å²) in [5, 5.41) is 27.8. The summed E-state index contributed by atoms with van der Waals surface area (Å²) >= 11 is 0. The third-order valence-electron chi connectivity index (χ3n) is 2.26. The van der Waals surface area contributed by atoms with Gasteiger partial charge in [0.25, 0.3) is 0 Å². The first-order valence-electron chi connectivity index (χ1n) is 4.92. The molecule has 0 radical (unpaired) electrons. The molecule has 0 saturated carbocycles. The van der Waals surface area contributed by atoms with Crippen LogP contribution in [0.1, 0.15) is 28.4 Å². The van der Waals surface area contributed by atoms with Crippen LogP contribution < -0.4 is 5.73 Å². The zero-order valence-corrected chi connectivity index (χ0v) is 8.88. The number of hydrogen-bond donors (Lipinski definition) is 4. The average Bonchev–Trinajstić information content (AvgIpc) is 2.28. The number of aromatic nitrogens is 1. The van der Waals surface area contributed by atoms with E-state index in [2.05, 4.69) is 4.98 Å². The van der Waals surface area contributed by atoms with Gasteiger partial charge in [-0.15, -0.1) is 0 Å². The maximum Gasteiger partial charge on any atom is 0.340 e. The first-order chi connectivity index (χ1) is 7.97. The fraction of sp³-hybridized carbons (Fsp3) is 0.400. The number of carbonyl (C=O) groups is 1. The van der Waals surface area contributed by atoms with Crippen LogP contribution in [0.3, 0.4) is 0 Å². The van der Waals surface area contributed by atoms with Gasteiger partial charge < -0.3 is 21.1 Å². The van der Waals surface area contributed by atoms with Crippen molar-refractivity contribution in [3.8, 4) is 0 Å². The molecule has 0 fully saturated rings. The summed E-state index contributed by atoms with van der Waals surface area (Å²) in [5.41, 5.74) is 4.59. The number of halogens is 1. The number of carboxylic acids is 1. The third kappa shape index (κ3) is 3.19. The molecule has 1 aromatic rings. The molecule has 0 aliphatic carbocycles. The molecule has 0 aromatic carbocycles. The van der Waals surface area contributed by atoms with Gasteiger partial charge in [0.05, 0.1) is 6.10 Å². The predicted octanol–water partition coefficient (Wildman–Crippen LogP) is -0.338. The predicted molar refractivity (Wildman–Crippen MR) is 55.8 cm³/mol. The summed E-state index contributed by atoms with van der Waals surface area (Å²) in [6.07, 6.45) is -1.37. The Balaban J connectivity index is 2.99. The van der Waals surface area contributed by atoms with Crippen LogP contribution in [0.2, 0.25) is 0 Å². The zero-order valence-electron chi connectivity index (χ0n) is 8.88. The Morgan fingerprint density at radius 3 is 2.71 bits per heavy atom. The van der Waals surface area contributed by atoms with Crippen molar-refractivity contribution in [1.82, 2.24) is 4.98 Å². The molecule has 5 N–H and O–H groups in total. The second kappa shape index (κ2) is 5.67. The van der Waals surface area contributed by atoms with Crippen molar-refractivity contribution in [3.63, 3.8) is 0 Å². The topological polar surface area (TPSA) is 117 Å². The normalized spacial score (nSPS) is 14.4. The highest BCUT2D eigenvalue weighted by molar-refractivity contribution is 5.87. The van der Waals surface area contributed by atoms with Crippen LogP contribution in [0.4, 0.5) is 4.39 Å². The Kier molecular flexibility index (Phi) is 4.50. The molecule has 2 unspecified atom stereocenters. The van der Waals surface area contributed by atoms with Crippen molar-refractivity contribution < 1.29 is 24.5 Å². The van der Waals surface area contributed by atoms with Gasteiger partial charge in [-0.25, -0.2) is 9.78 Å². The summed E-state index contributed by atoms with van der Waals surface area (Å²) in [6.45, 7) is 0.165. The van der Waals surface area contributed by atoms with E-state index in [9.17, 15) is 19.4 Å². The summed E-state index contributed by atoms with van der Waals surface area (Å²) in [6, 6.07) is 0.940. The van der Waals surface area contributed by atoms with Gasteiger partial charge in [-0.1, -0.05) is 0 Å². The Morgan fingerprint density at radius 1 is 1.53 bits per heavy atom. The van der Waals surface area contributed by atoms with Crippen LogP contribution in [-0.2, 0) is 0 Å². The minimum atomic E-state index is -1.49. The van der Waals surface area contributed by atoms with Gasteiger partial charge >= 0.3 is 5.97 Å². The van der Waals surface area contributed by atoms with Gasteiger partial charge in [0.1, 0.15) is 11.7 Å². The largest absolute Gasteiger partial charge is 0.478 e. The van der Waals surface area contributed by atoms with E-state index in [1.807, 2.05) is 0 Å². The number of hydrogen-bond acceptors (Lipinski definition) is 5. The molecular formula is C10H13FN2O4. The molecule has 0 aliphatic heterocycles. The molecule has 0 amide bonds. The van der Waals surface area contributed by atoms with Crippen molar-refractivity contribution in [2.45, 2.75) is 18.6 Å². The quantitative estimate of drug-likeness (QED) is 0.526. The van der Waals surface area contributed by atoms with Crippen LogP contribution >= 0.6 is 0 Å². The molecule has 1 rings (SSSR count). The van der Waals surface area contributed by atoms with E-state index in [0.29, 0.717) is 0 Å². The van der Waals surface area contributed by atoms with Crippen molar-refractivity contribution in [3.05, 3.63) is 29.3 Å². The fourth-order valence-electron chi connectivity index (χ4n) is 1.33. The van der Waals surface area contributed by atoms with Crippen molar-refractivity contribution in [2.24, 2.45) is 5.73 Å². The van der Waals surface area contributed by atoms with E-state index in [0.717, 1.165) is 12.3 Å². The second-order valence-corrected chi connectivity index (χ2v) is 3.50. The van der Waals surface area contributed by atoms with Gasteiger partial charge in [0.2, 0.25) is 5.95 Å². The molecule has 0 aliphatic rings. The lowest BCUT2D eigenvalue weighted by atomic mass is 10.0. The molecule has 6 nitrogen and oxygen atoms in total. The lowest BCUT2D eigenvalue weighted by molar-refractivity contribution is 0.0146. The summed E-state index contributed by atoms with van der Waals surface area (Å²) in [4.78, 5) is 13.9. The Hall–Kier alpha value is -1.57. The van der Waals surface area contributed by atoms with E-state index in [1.165, 1.54) is 0 Å². The van der Waals surface area contributed by atoms with Crippen molar-refractivity contribution >= 4 is 5.97 Å². The molecule has 1 heterocycles. The number of rotatable bonds is 5. The van der Waals surface area contributed by atoms with Gasteiger partial charge in [0, 0.05) is 11.8 Å². The lowest BCUT2D eigenvalue weighted by Gasteiger charge is -2.17. The van der Waals surface area contributed by atoms with Crippen LogP contribution in [0, 0.1) is 5.95 Å². The highest BCUT2D eigenvalue weighted by atomic mass is 19.1. The van der Waals surface area contributed by atoms with Gasteiger partial charge in [-0.2, -0.15) is 4.39 Å². The molecule has 17 heavy (non-hydrogen) atoms. The zero-order chi connectivity index (χ0) is 13.0. The first kappa shape index (κ1) is 13.5. The number of pyridine rings is 1. The standard InChI is InChI=1S/C10H13FN2O4/c11-9-6(10(16)17)3-5(4-13-9)8(15)7(14)1-2-12/h3-4,7-8,14-15H,1-2,12H2,(H,16,17). The molecule has 0 saturated heterocycles. The Labute approximate surface area is 96.5 Å². The molecule has 0 spiro atoms. The van der Waals surface area contributed by atoms with E-state index in [1.54, 1.807) is 0 Å². The van der Waals surface area contributed by atoms with Gasteiger partial charge in [-0.05, 0) is 19.0 Å². The van der Waals surface area contributed by atoms with Crippen molar-refractivity contribution in [2.75, 3.05) is 6.54 Å². The van der Waals surface area contributed by atoms with E-state index in [-0.39, 0.29) is 18.5 Å². The Morgan fingerprint density at radius 2 is 2.18 bits per heavy atom. The molecule has 1 aromatic heterocycles. The average molecular weight is 244 g/mol. The van der Waals surface area contributed by atoms with Crippen molar-refractivity contribution in [1.29, 1.82) is 0 Å². The maximum atomic E-state index is 13.0. The van der Waals surface area contributed by atoms with Gasteiger partial charge in [-0.3, -0.25) is 0 Å². The summed E-state index contributed by atoms with van der Waals surface area (Å²) < 4.78 is 13.0. The first-order valence-corrected chi connectivity index (χ1v) is 4.92. The third-order valence-corrected chi connectivity index (χ3v) is 2.26. The SMILES string of the molecule is NCCC(O)C(O)c1cnc(F)c(C(=O)O)c1. The number of aromatic carboxylic acids is 1. The Bertz CT molecular complexity index is 413. The minimum Gasteiger partial charge on any atom is -0.478 e. The number of aliphatic hydroxyl groups is 2. The molecule has 7 heteroatoms. The summed E-state index contributed by atoms with van der Waals surface area (Å²) in [5.74, 6) is -2.63. The van der Waals surface area contributed by atoms with Crippen LogP contribution in [0.5, 0.6) is 0 Å². The van der Waals surface area contributed by atoms with E-state index >= 15 is 0 Å². The monoisotopic (exact) mass is 244 g/mol.